The molecular formula is C23H23Cl2N5O3. The zero-order valence-corrected chi connectivity index (χ0v) is 19.5. The number of nitrogens with zero attached hydrogens (tertiary/aromatic N) is 4. The van der Waals surface area contributed by atoms with Crippen LogP contribution in [0.25, 0.3) is 5.65 Å². The third-order valence-corrected chi connectivity index (χ3v) is 7.17. The average molecular weight is 488 g/mol. The Kier molecular flexibility index (Phi) is 5.45. The van der Waals surface area contributed by atoms with E-state index in [0.717, 1.165) is 25.9 Å². The van der Waals surface area contributed by atoms with Gasteiger partial charge in [0.05, 0.1) is 16.8 Å². The van der Waals surface area contributed by atoms with Gasteiger partial charge in [-0.05, 0) is 56.2 Å². The minimum absolute atomic E-state index is 0.0891. The summed E-state index contributed by atoms with van der Waals surface area (Å²) in [5.74, 6) is -0.538. The van der Waals surface area contributed by atoms with Crippen molar-refractivity contribution >= 4 is 46.3 Å². The number of hydrogen-bond acceptors (Lipinski definition) is 6. The van der Waals surface area contributed by atoms with Crippen LogP contribution in [0.1, 0.15) is 54.7 Å². The van der Waals surface area contributed by atoms with Gasteiger partial charge in [-0.25, -0.2) is 14.8 Å². The van der Waals surface area contributed by atoms with Crippen LogP contribution in [-0.4, -0.2) is 38.5 Å². The molecule has 1 aliphatic carbocycles. The molecule has 5 rings (SSSR count). The molecule has 0 bridgehead atoms. The molecule has 4 heterocycles. The lowest BCUT2D eigenvalue weighted by Crippen LogP contribution is -2.36. The Morgan fingerprint density at radius 2 is 1.88 bits per heavy atom. The number of aromatic nitrogens is 3. The number of carboxylic acid groups (broad SMARTS) is 1. The summed E-state index contributed by atoms with van der Waals surface area (Å²) in [5.41, 5.74) is 1.58. The number of anilines is 2. The third-order valence-electron chi connectivity index (χ3n) is 6.75. The molecule has 1 atom stereocenters. The van der Waals surface area contributed by atoms with Crippen LogP contribution in [0, 0.1) is 5.41 Å². The number of piperidine rings is 1. The van der Waals surface area contributed by atoms with E-state index in [2.05, 4.69) is 15.2 Å². The molecular weight excluding hydrogens is 465 g/mol. The molecule has 1 saturated carbocycles. The van der Waals surface area contributed by atoms with Gasteiger partial charge >= 0.3 is 5.97 Å². The molecule has 2 fully saturated rings. The topological polar surface area (TPSA) is 99.8 Å². The Bertz CT molecular complexity index is 1310. The van der Waals surface area contributed by atoms with Crippen molar-refractivity contribution in [1.82, 2.24) is 14.4 Å². The Labute approximate surface area is 200 Å². The lowest BCUT2D eigenvalue weighted by molar-refractivity contribution is 0.0691. The van der Waals surface area contributed by atoms with Crippen molar-refractivity contribution < 1.29 is 9.90 Å². The monoisotopic (exact) mass is 487 g/mol. The van der Waals surface area contributed by atoms with Crippen LogP contribution in [0.2, 0.25) is 10.2 Å². The highest BCUT2D eigenvalue weighted by Gasteiger charge is 2.44. The van der Waals surface area contributed by atoms with Crippen LogP contribution in [0.4, 0.5) is 11.5 Å². The number of fused-ring (bicyclic) bond motifs is 1. The summed E-state index contributed by atoms with van der Waals surface area (Å²) in [6.45, 7) is 3.62. The Morgan fingerprint density at radius 3 is 2.55 bits per heavy atom. The Balaban J connectivity index is 1.53. The number of carboxylic acids is 1. The van der Waals surface area contributed by atoms with Crippen molar-refractivity contribution in [2.45, 2.75) is 38.6 Å². The predicted octanol–water partition coefficient (Wildman–Crippen LogP) is 4.65. The lowest BCUT2D eigenvalue weighted by atomic mass is 9.94. The number of halogens is 2. The fourth-order valence-electron chi connectivity index (χ4n) is 4.57. The van der Waals surface area contributed by atoms with Gasteiger partial charge in [0.15, 0.2) is 5.69 Å². The molecule has 1 saturated heterocycles. The standard InChI is InChI=1S/C23H23Cl2N5O3/c1-13(26-16-2-3-17(25)27-20(16)22(32)33)15-10-14(24)12-30-19(31)11-18(28-21(15)30)29-8-6-23(4-5-23)7-9-29/h2-3,10-13,26H,4-9H2,1H3,(H,32,33)/t13-/m1/s1. The molecule has 0 radical (unpaired) electrons. The first-order valence-electron chi connectivity index (χ1n) is 10.9. The van der Waals surface area contributed by atoms with E-state index in [1.807, 2.05) is 6.92 Å². The summed E-state index contributed by atoms with van der Waals surface area (Å²) in [6.07, 6.45) is 6.41. The Hall–Kier alpha value is -2.84. The second-order valence-corrected chi connectivity index (χ2v) is 9.77. The van der Waals surface area contributed by atoms with E-state index in [4.69, 9.17) is 28.2 Å². The van der Waals surface area contributed by atoms with Crippen molar-refractivity contribution in [3.8, 4) is 0 Å². The van der Waals surface area contributed by atoms with Gasteiger partial charge in [0, 0.05) is 30.9 Å². The lowest BCUT2D eigenvalue weighted by Gasteiger charge is -2.33. The van der Waals surface area contributed by atoms with Gasteiger partial charge in [0.25, 0.3) is 5.56 Å². The van der Waals surface area contributed by atoms with Crippen LogP contribution in [-0.2, 0) is 0 Å². The molecule has 0 amide bonds. The smallest absolute Gasteiger partial charge is 0.356 e. The van der Waals surface area contributed by atoms with Gasteiger partial charge < -0.3 is 15.3 Å². The molecule has 2 N–H and O–H groups in total. The van der Waals surface area contributed by atoms with Crippen LogP contribution in [0.15, 0.2) is 35.3 Å². The molecule has 0 aromatic carbocycles. The van der Waals surface area contributed by atoms with Crippen molar-refractivity contribution in [1.29, 1.82) is 0 Å². The number of hydrogen-bond donors (Lipinski definition) is 2. The predicted molar refractivity (Wildman–Crippen MR) is 128 cm³/mol. The third kappa shape index (κ3) is 4.25. The molecule has 33 heavy (non-hydrogen) atoms. The van der Waals surface area contributed by atoms with E-state index in [1.165, 1.54) is 23.3 Å². The largest absolute Gasteiger partial charge is 0.476 e. The second-order valence-electron chi connectivity index (χ2n) is 8.95. The van der Waals surface area contributed by atoms with E-state index in [-0.39, 0.29) is 16.4 Å². The van der Waals surface area contributed by atoms with Gasteiger partial charge in [-0.15, -0.1) is 0 Å². The van der Waals surface area contributed by atoms with Gasteiger partial charge in [0.2, 0.25) is 0 Å². The molecule has 3 aromatic heterocycles. The molecule has 172 valence electrons. The van der Waals surface area contributed by atoms with Crippen molar-refractivity contribution in [2.75, 3.05) is 23.3 Å². The van der Waals surface area contributed by atoms with Crippen LogP contribution in [0.5, 0.6) is 0 Å². The van der Waals surface area contributed by atoms with Crippen LogP contribution in [0.3, 0.4) is 0 Å². The first kappa shape index (κ1) is 22.0. The minimum Gasteiger partial charge on any atom is -0.476 e. The van der Waals surface area contributed by atoms with Gasteiger partial charge in [-0.2, -0.15) is 0 Å². The van der Waals surface area contributed by atoms with Crippen molar-refractivity contribution in [2.24, 2.45) is 5.41 Å². The SMILES string of the molecule is C[C@@H](Nc1ccc(Cl)nc1C(=O)O)c1cc(Cl)cn2c(=O)cc(N3CCC4(CC3)CC4)nc12. The fraction of sp³-hybridized carbons (Fsp3) is 0.391. The van der Waals surface area contributed by atoms with Gasteiger partial charge in [-0.3, -0.25) is 9.20 Å². The summed E-state index contributed by atoms with van der Waals surface area (Å²) in [6, 6.07) is 5.96. The number of pyridine rings is 2. The summed E-state index contributed by atoms with van der Waals surface area (Å²) < 4.78 is 1.43. The van der Waals surface area contributed by atoms with E-state index < -0.39 is 12.0 Å². The first-order valence-corrected chi connectivity index (χ1v) is 11.6. The molecule has 2 aliphatic rings. The van der Waals surface area contributed by atoms with E-state index in [1.54, 1.807) is 24.4 Å². The van der Waals surface area contributed by atoms with Gasteiger partial charge in [-0.1, -0.05) is 23.2 Å². The highest BCUT2D eigenvalue weighted by Crippen LogP contribution is 2.53. The van der Waals surface area contributed by atoms with E-state index >= 15 is 0 Å². The van der Waals surface area contributed by atoms with E-state index in [0.29, 0.717) is 33.2 Å². The highest BCUT2D eigenvalue weighted by atomic mass is 35.5. The van der Waals surface area contributed by atoms with E-state index in [9.17, 15) is 14.7 Å². The summed E-state index contributed by atoms with van der Waals surface area (Å²) in [4.78, 5) is 35.5. The molecule has 3 aromatic rings. The number of carbonyl (C=O) groups is 1. The second kappa shape index (κ2) is 8.18. The zero-order chi connectivity index (χ0) is 23.3. The molecule has 8 nitrogen and oxygen atoms in total. The zero-order valence-electron chi connectivity index (χ0n) is 18.0. The summed E-state index contributed by atoms with van der Waals surface area (Å²) in [7, 11) is 0. The maximum atomic E-state index is 13.0. The maximum Gasteiger partial charge on any atom is 0.356 e. The Morgan fingerprint density at radius 1 is 1.15 bits per heavy atom. The normalized spacial score (nSPS) is 17.8. The fourth-order valence-corrected chi connectivity index (χ4v) is 4.94. The quantitative estimate of drug-likeness (QED) is 0.505. The summed E-state index contributed by atoms with van der Waals surface area (Å²) in [5, 5.41) is 13.1. The summed E-state index contributed by atoms with van der Waals surface area (Å²) >= 11 is 12.2. The van der Waals surface area contributed by atoms with Gasteiger partial charge in [0.1, 0.15) is 16.6 Å². The van der Waals surface area contributed by atoms with Crippen LogP contribution < -0.4 is 15.8 Å². The van der Waals surface area contributed by atoms with Crippen LogP contribution >= 0.6 is 23.2 Å². The average Bonchev–Trinajstić information content (AvgIpc) is 3.54. The molecule has 0 unspecified atom stereocenters. The number of rotatable bonds is 5. The van der Waals surface area contributed by atoms with Crippen molar-refractivity contribution in [3.05, 3.63) is 62.2 Å². The number of aromatic carboxylic acids is 1. The molecule has 10 heteroatoms. The molecule has 1 aliphatic heterocycles. The highest BCUT2D eigenvalue weighted by molar-refractivity contribution is 6.30. The molecule has 1 spiro atoms. The minimum atomic E-state index is -1.20. The first-order chi connectivity index (χ1) is 15.7. The number of nitrogens with one attached hydrogen (secondary N) is 1. The maximum absolute atomic E-state index is 13.0. The van der Waals surface area contributed by atoms with Crippen molar-refractivity contribution in [3.63, 3.8) is 0 Å².